The molecule has 0 atom stereocenters. The van der Waals surface area contributed by atoms with Gasteiger partial charge in [-0.3, -0.25) is 4.79 Å². The summed E-state index contributed by atoms with van der Waals surface area (Å²) in [6.45, 7) is 7.52. The second-order valence-electron chi connectivity index (χ2n) is 7.02. The van der Waals surface area contributed by atoms with E-state index in [0.717, 1.165) is 0 Å². The molecule has 8 heteroatoms. The third-order valence-corrected chi connectivity index (χ3v) is 4.34. The van der Waals surface area contributed by atoms with Crippen LogP contribution in [0.1, 0.15) is 38.8 Å². The molecule has 31 heavy (non-hydrogen) atoms. The molecular formula is C23H23ClN2O5. The summed E-state index contributed by atoms with van der Waals surface area (Å²) in [5, 5.41) is 3.05. The highest BCUT2D eigenvalue weighted by atomic mass is 35.5. The zero-order chi connectivity index (χ0) is 22.5. The van der Waals surface area contributed by atoms with Gasteiger partial charge in [0.25, 0.3) is 0 Å². The molecule has 0 spiro atoms. The van der Waals surface area contributed by atoms with Crippen molar-refractivity contribution in [2.75, 3.05) is 11.9 Å². The number of carbonyl (C=O) groups excluding carboxylic acids is 2. The van der Waals surface area contributed by atoms with Crippen LogP contribution in [0.15, 0.2) is 47.1 Å². The number of nitrogens with zero attached hydrogens (tertiary/aromatic N) is 1. The van der Waals surface area contributed by atoms with E-state index in [4.69, 9.17) is 25.8 Å². The minimum atomic E-state index is -0.572. The lowest BCUT2D eigenvalue weighted by Gasteiger charge is -2.16. The smallest absolute Gasteiger partial charge is 0.363 e. The Hall–Kier alpha value is -3.32. The number of benzene rings is 2. The van der Waals surface area contributed by atoms with Crippen molar-refractivity contribution in [1.82, 2.24) is 0 Å². The Morgan fingerprint density at radius 1 is 1.26 bits per heavy atom. The lowest BCUT2D eigenvalue weighted by atomic mass is 10.1. The molecule has 7 nitrogen and oxygen atoms in total. The van der Waals surface area contributed by atoms with Gasteiger partial charge in [-0.15, -0.1) is 0 Å². The summed E-state index contributed by atoms with van der Waals surface area (Å²) in [7, 11) is 0. The number of rotatable bonds is 7. The Morgan fingerprint density at radius 2 is 1.97 bits per heavy atom. The monoisotopic (exact) mass is 442 g/mol. The van der Waals surface area contributed by atoms with E-state index in [1.165, 1.54) is 6.92 Å². The van der Waals surface area contributed by atoms with Crippen LogP contribution in [0.3, 0.4) is 0 Å². The summed E-state index contributed by atoms with van der Waals surface area (Å²) in [5.41, 5.74) is 2.01. The molecular weight excluding hydrogens is 420 g/mol. The standard InChI is InChI=1S/C23H23ClN2O5/c1-5-29-20-12-15(10-18(24)21(20)30-13(2)3)11-19-23(28)31-22(26-19)16-6-8-17(9-7-16)25-14(4)27/h6-13H,5H2,1-4H3,(H,25,27)/b19-11-. The predicted octanol–water partition coefficient (Wildman–Crippen LogP) is 4.83. The van der Waals surface area contributed by atoms with E-state index in [9.17, 15) is 9.59 Å². The number of hydrogen-bond acceptors (Lipinski definition) is 6. The first kappa shape index (κ1) is 22.4. The summed E-state index contributed by atoms with van der Waals surface area (Å²) in [6, 6.07) is 10.2. The van der Waals surface area contributed by atoms with Crippen LogP contribution in [0, 0.1) is 0 Å². The van der Waals surface area contributed by atoms with Crippen LogP contribution < -0.4 is 14.8 Å². The topological polar surface area (TPSA) is 86.2 Å². The molecule has 1 aliphatic heterocycles. The van der Waals surface area contributed by atoms with Gasteiger partial charge < -0.3 is 19.5 Å². The van der Waals surface area contributed by atoms with Crippen LogP contribution in [-0.4, -0.2) is 30.5 Å². The highest BCUT2D eigenvalue weighted by molar-refractivity contribution is 6.32. The largest absolute Gasteiger partial charge is 0.490 e. The first-order valence-corrected chi connectivity index (χ1v) is 10.2. The average molecular weight is 443 g/mol. The molecule has 0 aromatic heterocycles. The number of carbonyl (C=O) groups is 2. The maximum absolute atomic E-state index is 12.3. The molecule has 1 heterocycles. The van der Waals surface area contributed by atoms with Crippen LogP contribution in [0.4, 0.5) is 5.69 Å². The third kappa shape index (κ3) is 5.64. The van der Waals surface area contributed by atoms with Gasteiger partial charge in [0.1, 0.15) is 0 Å². The Kier molecular flexibility index (Phi) is 6.97. The van der Waals surface area contributed by atoms with E-state index in [0.29, 0.717) is 39.9 Å². The van der Waals surface area contributed by atoms with Crippen molar-refractivity contribution >= 4 is 41.1 Å². The van der Waals surface area contributed by atoms with E-state index < -0.39 is 5.97 Å². The van der Waals surface area contributed by atoms with Crippen molar-refractivity contribution in [3.63, 3.8) is 0 Å². The molecule has 1 N–H and O–H groups in total. The molecule has 162 valence electrons. The van der Waals surface area contributed by atoms with Crippen molar-refractivity contribution in [3.05, 3.63) is 58.2 Å². The summed E-state index contributed by atoms with van der Waals surface area (Å²) < 4.78 is 16.7. The molecule has 0 saturated carbocycles. The highest BCUT2D eigenvalue weighted by Crippen LogP contribution is 2.38. The molecule has 2 aromatic rings. The van der Waals surface area contributed by atoms with E-state index in [-0.39, 0.29) is 23.6 Å². The summed E-state index contributed by atoms with van der Waals surface area (Å²) >= 11 is 6.40. The second-order valence-corrected chi connectivity index (χ2v) is 7.43. The number of aliphatic imine (C=N–C) groups is 1. The first-order chi connectivity index (χ1) is 14.8. The molecule has 0 saturated heterocycles. The van der Waals surface area contributed by atoms with Crippen LogP contribution in [0.25, 0.3) is 6.08 Å². The number of cyclic esters (lactones) is 1. The Bertz CT molecular complexity index is 1060. The van der Waals surface area contributed by atoms with Crippen LogP contribution in [0.5, 0.6) is 11.5 Å². The quantitative estimate of drug-likeness (QED) is 0.490. The van der Waals surface area contributed by atoms with Crippen molar-refractivity contribution in [3.8, 4) is 11.5 Å². The van der Waals surface area contributed by atoms with E-state index >= 15 is 0 Å². The van der Waals surface area contributed by atoms with E-state index in [2.05, 4.69) is 10.3 Å². The van der Waals surface area contributed by atoms with Crippen molar-refractivity contribution < 1.29 is 23.8 Å². The number of esters is 1. The lowest BCUT2D eigenvalue weighted by Crippen LogP contribution is -2.08. The second kappa shape index (κ2) is 9.66. The minimum Gasteiger partial charge on any atom is -0.490 e. The predicted molar refractivity (Wildman–Crippen MR) is 120 cm³/mol. The lowest BCUT2D eigenvalue weighted by molar-refractivity contribution is -0.129. The number of hydrogen-bond donors (Lipinski definition) is 1. The Balaban J connectivity index is 1.90. The zero-order valence-electron chi connectivity index (χ0n) is 17.7. The number of amides is 1. The van der Waals surface area contributed by atoms with Gasteiger partial charge in [-0.2, -0.15) is 0 Å². The number of ether oxygens (including phenoxy) is 3. The van der Waals surface area contributed by atoms with Gasteiger partial charge in [-0.25, -0.2) is 9.79 Å². The minimum absolute atomic E-state index is 0.0742. The van der Waals surface area contributed by atoms with Crippen LogP contribution in [0.2, 0.25) is 5.02 Å². The van der Waals surface area contributed by atoms with Gasteiger partial charge in [-0.05, 0) is 68.8 Å². The summed E-state index contributed by atoms with van der Waals surface area (Å²) in [5.74, 6) is 0.384. The van der Waals surface area contributed by atoms with Gasteiger partial charge in [-0.1, -0.05) is 11.6 Å². The van der Waals surface area contributed by atoms with E-state index in [1.807, 2.05) is 20.8 Å². The van der Waals surface area contributed by atoms with Crippen molar-refractivity contribution in [2.24, 2.45) is 4.99 Å². The highest BCUT2D eigenvalue weighted by Gasteiger charge is 2.24. The molecule has 3 rings (SSSR count). The Labute approximate surface area is 185 Å². The maximum atomic E-state index is 12.3. The molecule has 0 aliphatic carbocycles. The SMILES string of the molecule is CCOc1cc(/C=C2\N=C(c3ccc(NC(C)=O)cc3)OC2=O)cc(Cl)c1OC(C)C. The molecule has 2 aromatic carbocycles. The van der Waals surface area contributed by atoms with Crippen LogP contribution >= 0.6 is 11.6 Å². The van der Waals surface area contributed by atoms with Gasteiger partial charge in [0, 0.05) is 18.2 Å². The normalized spacial score (nSPS) is 14.5. The van der Waals surface area contributed by atoms with Gasteiger partial charge in [0.2, 0.25) is 11.8 Å². The number of nitrogens with one attached hydrogen (secondary N) is 1. The molecule has 0 fully saturated rings. The van der Waals surface area contributed by atoms with Crippen molar-refractivity contribution in [2.45, 2.75) is 33.8 Å². The van der Waals surface area contributed by atoms with E-state index in [1.54, 1.807) is 42.5 Å². The van der Waals surface area contributed by atoms with Gasteiger partial charge in [0.05, 0.1) is 17.7 Å². The third-order valence-electron chi connectivity index (χ3n) is 4.06. The summed E-state index contributed by atoms with van der Waals surface area (Å²) in [6.07, 6.45) is 1.50. The fourth-order valence-corrected chi connectivity index (χ4v) is 3.14. The number of halogens is 1. The maximum Gasteiger partial charge on any atom is 0.363 e. The molecule has 0 bridgehead atoms. The zero-order valence-corrected chi connectivity index (χ0v) is 18.4. The first-order valence-electron chi connectivity index (χ1n) is 9.80. The fourth-order valence-electron chi connectivity index (χ4n) is 2.87. The molecule has 1 amide bonds. The number of anilines is 1. The molecule has 1 aliphatic rings. The molecule has 0 radical (unpaired) electrons. The van der Waals surface area contributed by atoms with Gasteiger partial charge in [0.15, 0.2) is 17.2 Å². The van der Waals surface area contributed by atoms with Gasteiger partial charge >= 0.3 is 5.97 Å². The van der Waals surface area contributed by atoms with Crippen LogP contribution in [-0.2, 0) is 14.3 Å². The Morgan fingerprint density at radius 3 is 2.58 bits per heavy atom. The molecule has 0 unspecified atom stereocenters. The average Bonchev–Trinajstić information content (AvgIpc) is 3.05. The van der Waals surface area contributed by atoms with Crippen molar-refractivity contribution in [1.29, 1.82) is 0 Å². The summed E-state index contributed by atoms with van der Waals surface area (Å²) in [4.78, 5) is 27.8. The fraction of sp³-hybridized carbons (Fsp3) is 0.261.